The van der Waals surface area contributed by atoms with E-state index in [9.17, 15) is 19.0 Å². The number of phosphoric ester groups is 1. The molecule has 0 aliphatic carbocycles. The van der Waals surface area contributed by atoms with Crippen molar-refractivity contribution in [3.63, 3.8) is 0 Å². The lowest BCUT2D eigenvalue weighted by atomic mass is 10.0. The number of ether oxygens (including phenoxy) is 2. The van der Waals surface area contributed by atoms with Crippen LogP contribution in [-0.2, 0) is 32.7 Å². The van der Waals surface area contributed by atoms with Crippen molar-refractivity contribution in [3.8, 4) is 0 Å². The molecule has 0 radical (unpaired) electrons. The van der Waals surface area contributed by atoms with Crippen LogP contribution in [-0.4, -0.2) is 49.3 Å². The van der Waals surface area contributed by atoms with Crippen LogP contribution in [0.4, 0.5) is 0 Å². The van der Waals surface area contributed by atoms with E-state index in [1.165, 1.54) is 186 Å². The molecule has 0 bridgehead atoms. The molecule has 0 heterocycles. The third-order valence-corrected chi connectivity index (χ3v) is 17.6. The topological polar surface area (TPSA) is 134 Å². The van der Waals surface area contributed by atoms with Gasteiger partial charge in [-0.1, -0.05) is 357 Å². The molecule has 9 nitrogen and oxygen atoms in total. The highest BCUT2D eigenvalue weighted by atomic mass is 31.2. The largest absolute Gasteiger partial charge is 0.472 e. The molecule has 2 atom stereocenters. The van der Waals surface area contributed by atoms with Crippen molar-refractivity contribution in [3.05, 3.63) is 170 Å². The Morgan fingerprint density at radius 2 is 0.567 bits per heavy atom. The summed E-state index contributed by atoms with van der Waals surface area (Å²) in [4.78, 5) is 35.4. The Morgan fingerprint density at radius 3 is 0.866 bits per heavy atom. The highest BCUT2D eigenvalue weighted by Gasteiger charge is 2.26. The van der Waals surface area contributed by atoms with E-state index in [1.54, 1.807) is 0 Å². The van der Waals surface area contributed by atoms with Gasteiger partial charge >= 0.3 is 19.8 Å². The molecule has 0 aromatic rings. The SMILES string of the molecule is CC/C=C\C/C=C\C/C=C\C/C=C\C/C=C\C/C=C\C/C=C\C/C=C\C/C=C\C/C=C\C/C=C\C/C=C\CCCCC(=O)OC(COC(=O)CCCCCCCCCCCCCCCCCCCCCCCCCCC/C=C\C/C=C\CCCCCCC)COP(=O)(O)OCCN. The molecule has 3 N–H and O–H groups in total. The van der Waals surface area contributed by atoms with Gasteiger partial charge in [0, 0.05) is 19.4 Å². The van der Waals surface area contributed by atoms with Gasteiger partial charge in [-0.3, -0.25) is 18.6 Å². The number of rotatable bonds is 73. The number of unbranched alkanes of at least 4 members (excludes halogenated alkanes) is 32. The summed E-state index contributed by atoms with van der Waals surface area (Å²) < 4.78 is 33.2. The monoisotopic (exact) mass is 1360 g/mol. The third kappa shape index (κ3) is 80.2. The van der Waals surface area contributed by atoms with Crippen LogP contribution in [0.5, 0.6) is 0 Å². The average Bonchev–Trinajstić information content (AvgIpc) is 2.88. The minimum absolute atomic E-state index is 0.0390. The quantitative estimate of drug-likeness (QED) is 0.0264. The number of hydrogen-bond acceptors (Lipinski definition) is 8. The van der Waals surface area contributed by atoms with Crippen molar-refractivity contribution in [2.24, 2.45) is 5.73 Å². The number of esters is 2. The van der Waals surface area contributed by atoms with Gasteiger partial charge in [-0.2, -0.15) is 0 Å². The van der Waals surface area contributed by atoms with E-state index in [2.05, 4.69) is 184 Å². The fraction of sp³-hybridized carbons (Fsp3) is 0.655. The van der Waals surface area contributed by atoms with E-state index in [4.69, 9.17) is 24.3 Å². The molecule has 0 aromatic carbocycles. The Labute approximate surface area is 597 Å². The molecular formula is C87H146NO8P. The van der Waals surface area contributed by atoms with E-state index < -0.39 is 32.5 Å². The number of carbonyl (C=O) groups excluding carboxylic acids is 2. The van der Waals surface area contributed by atoms with Crippen molar-refractivity contribution in [1.82, 2.24) is 0 Å². The Kier molecular flexibility index (Phi) is 76.5. The van der Waals surface area contributed by atoms with Gasteiger partial charge in [0.15, 0.2) is 6.10 Å². The van der Waals surface area contributed by atoms with E-state index >= 15 is 0 Å². The van der Waals surface area contributed by atoms with Crippen molar-refractivity contribution in [2.75, 3.05) is 26.4 Å². The first-order chi connectivity index (χ1) is 47.8. The molecule has 0 spiro atoms. The van der Waals surface area contributed by atoms with Gasteiger partial charge in [0.2, 0.25) is 0 Å². The highest BCUT2D eigenvalue weighted by Crippen LogP contribution is 2.43. The minimum atomic E-state index is -4.42. The van der Waals surface area contributed by atoms with Crippen molar-refractivity contribution < 1.29 is 37.6 Å². The number of carbonyl (C=O) groups is 2. The van der Waals surface area contributed by atoms with Crippen molar-refractivity contribution in [2.45, 2.75) is 341 Å². The van der Waals surface area contributed by atoms with Crippen LogP contribution in [0.25, 0.3) is 0 Å². The molecule has 10 heteroatoms. The molecule has 0 rings (SSSR count). The molecule has 0 saturated heterocycles. The molecule has 0 aromatic heterocycles. The van der Waals surface area contributed by atoms with E-state index in [-0.39, 0.29) is 32.6 Å². The summed E-state index contributed by atoms with van der Waals surface area (Å²) in [6.45, 7) is 3.59. The van der Waals surface area contributed by atoms with Gasteiger partial charge in [0.05, 0.1) is 13.2 Å². The molecule has 97 heavy (non-hydrogen) atoms. The molecule has 2 unspecified atom stereocenters. The first-order valence-electron chi connectivity index (χ1n) is 39.6. The number of phosphoric acid groups is 1. The van der Waals surface area contributed by atoms with Crippen LogP contribution in [0.15, 0.2) is 170 Å². The second-order valence-electron chi connectivity index (χ2n) is 25.8. The molecule has 0 saturated carbocycles. The van der Waals surface area contributed by atoms with Crippen LogP contribution in [0.1, 0.15) is 335 Å². The molecule has 0 aliphatic rings. The van der Waals surface area contributed by atoms with Crippen LogP contribution in [0, 0.1) is 0 Å². The Balaban J connectivity index is 3.94. The molecule has 0 amide bonds. The maximum absolute atomic E-state index is 12.8. The van der Waals surface area contributed by atoms with Gasteiger partial charge in [-0.25, -0.2) is 4.57 Å². The van der Waals surface area contributed by atoms with Crippen LogP contribution >= 0.6 is 7.82 Å². The number of allylic oxidation sites excluding steroid dienone is 28. The summed E-state index contributed by atoms with van der Waals surface area (Å²) in [5, 5.41) is 0. The van der Waals surface area contributed by atoms with Gasteiger partial charge in [0.25, 0.3) is 0 Å². The lowest BCUT2D eigenvalue weighted by Crippen LogP contribution is -2.29. The summed E-state index contributed by atoms with van der Waals surface area (Å²) in [5.41, 5.74) is 5.41. The summed E-state index contributed by atoms with van der Waals surface area (Å²) >= 11 is 0. The van der Waals surface area contributed by atoms with Crippen LogP contribution in [0.3, 0.4) is 0 Å². The lowest BCUT2D eigenvalue weighted by molar-refractivity contribution is -0.161. The number of hydrogen-bond donors (Lipinski definition) is 2. The van der Waals surface area contributed by atoms with Gasteiger partial charge in [0.1, 0.15) is 6.61 Å². The average molecular weight is 1370 g/mol. The zero-order valence-corrected chi connectivity index (χ0v) is 63.2. The summed E-state index contributed by atoms with van der Waals surface area (Å²) in [6.07, 6.45) is 119. The molecular weight excluding hydrogens is 1220 g/mol. The predicted octanol–water partition coefficient (Wildman–Crippen LogP) is 26.9. The van der Waals surface area contributed by atoms with Crippen LogP contribution in [0.2, 0.25) is 0 Å². The zero-order chi connectivity index (χ0) is 70.0. The molecule has 0 aliphatic heterocycles. The standard InChI is InChI=1S/C87H146NO8P/c1-3-5-7-9-11-13-15-17-19-21-23-25-27-29-31-33-35-37-39-41-42-44-46-48-50-52-54-56-58-60-62-64-66-68-70-72-74-76-78-80-87(90)96-85(84-95-97(91,92)94-82-81-88)83-93-86(89)79-77-75-73-71-69-67-65-63-61-59-57-55-53-51-49-47-45-43-40-38-36-34-32-30-28-26-24-22-20-18-16-14-12-10-8-6-4-2/h5,7,11,13,16-19,22-25,29,31,35,37,41-42,46,48,52,54,58,60,64,66,70,72,85H,3-4,6,8-10,12,14-15,20-21,26-28,30,32-34,36,38-40,43-45,47,49-51,53,55-57,59,61-63,65,67-69,71,73-84,88H2,1-2H3,(H,91,92)/b7-5-,13-11-,18-16-,19-17-,24-22-,25-23-,31-29-,37-35-,42-41-,48-46-,54-52-,60-58-,66-64-,72-70-. The van der Waals surface area contributed by atoms with Gasteiger partial charge in [-0.05, 0) is 135 Å². The Bertz CT molecular complexity index is 2210. The number of nitrogens with two attached hydrogens (primary N) is 1. The zero-order valence-electron chi connectivity index (χ0n) is 62.3. The first-order valence-corrected chi connectivity index (χ1v) is 41.1. The summed E-state index contributed by atoms with van der Waals surface area (Å²) in [7, 11) is -4.42. The smallest absolute Gasteiger partial charge is 0.462 e. The highest BCUT2D eigenvalue weighted by molar-refractivity contribution is 7.47. The Morgan fingerprint density at radius 1 is 0.320 bits per heavy atom. The second kappa shape index (κ2) is 80.3. The maximum atomic E-state index is 12.8. The summed E-state index contributed by atoms with van der Waals surface area (Å²) in [5.74, 6) is -0.879. The van der Waals surface area contributed by atoms with Crippen molar-refractivity contribution >= 4 is 19.8 Å². The first kappa shape index (κ1) is 92.4. The van der Waals surface area contributed by atoms with Gasteiger partial charge < -0.3 is 20.1 Å². The normalized spacial score (nSPS) is 13.8. The molecule has 0 fully saturated rings. The second-order valence-corrected chi connectivity index (χ2v) is 27.3. The summed E-state index contributed by atoms with van der Waals surface area (Å²) in [6, 6.07) is 0. The van der Waals surface area contributed by atoms with Crippen LogP contribution < -0.4 is 5.73 Å². The van der Waals surface area contributed by atoms with E-state index in [1.807, 2.05) is 0 Å². The lowest BCUT2D eigenvalue weighted by Gasteiger charge is -2.19. The minimum Gasteiger partial charge on any atom is -0.462 e. The fourth-order valence-electron chi connectivity index (χ4n) is 10.8. The van der Waals surface area contributed by atoms with Crippen molar-refractivity contribution in [1.29, 1.82) is 0 Å². The van der Waals surface area contributed by atoms with Gasteiger partial charge in [-0.15, -0.1) is 0 Å². The predicted molar refractivity (Wildman–Crippen MR) is 422 cm³/mol. The van der Waals surface area contributed by atoms with E-state index in [0.717, 1.165) is 116 Å². The third-order valence-electron chi connectivity index (χ3n) is 16.6. The maximum Gasteiger partial charge on any atom is 0.472 e. The molecule has 552 valence electrons. The fourth-order valence-corrected chi connectivity index (χ4v) is 11.5. The Hall–Kier alpha value is -4.63. The van der Waals surface area contributed by atoms with E-state index in [0.29, 0.717) is 6.42 Å².